The fraction of sp³-hybridized carbons (Fsp3) is 0.158. The first-order valence-corrected chi connectivity index (χ1v) is 17.3. The van der Waals surface area contributed by atoms with Gasteiger partial charge in [0.1, 0.15) is 12.4 Å². The van der Waals surface area contributed by atoms with Gasteiger partial charge in [-0.1, -0.05) is 53.8 Å². The monoisotopic (exact) mass is 782 g/mol. The third-order valence-electron chi connectivity index (χ3n) is 7.82. The quantitative estimate of drug-likeness (QED) is 0.166. The number of thiazole rings is 1. The Kier molecular flexibility index (Phi) is 10.3. The molecule has 1 aliphatic heterocycles. The standard InChI is InChI=1S/C38H31IN4O5S/c1-4-47-29-16-14-27(15-17-29)34-33(36(44)42-28-8-6-5-7-9-28)23(2)41-38-43(34)37(45)32(49-38)20-26-18-30(39)35(31(19-26)46-3)48-22-25-12-10-24(21-40)11-13-25/h5-20,34H,4,22H2,1-3H3,(H,42,44)/b32-20-/t34-/m1/s1. The number of allylic oxidation sites excluding steroid dienone is 1. The van der Waals surface area contributed by atoms with Crippen molar-refractivity contribution in [2.45, 2.75) is 26.5 Å². The van der Waals surface area contributed by atoms with E-state index < -0.39 is 6.04 Å². The van der Waals surface area contributed by atoms with Gasteiger partial charge in [-0.05, 0) is 108 Å². The van der Waals surface area contributed by atoms with E-state index >= 15 is 0 Å². The number of carbonyl (C=O) groups is 1. The molecule has 1 atom stereocenters. The van der Waals surface area contributed by atoms with Crippen LogP contribution in [0.1, 0.15) is 42.1 Å². The van der Waals surface area contributed by atoms with E-state index in [4.69, 9.17) is 24.5 Å². The van der Waals surface area contributed by atoms with Crippen LogP contribution >= 0.6 is 33.9 Å². The Bertz CT molecular complexity index is 2270. The van der Waals surface area contributed by atoms with Crippen molar-refractivity contribution in [1.82, 2.24) is 4.57 Å². The van der Waals surface area contributed by atoms with Crippen LogP contribution in [0.25, 0.3) is 6.08 Å². The van der Waals surface area contributed by atoms with Crippen LogP contribution in [0, 0.1) is 14.9 Å². The molecule has 5 aromatic rings. The molecule has 0 saturated heterocycles. The average Bonchev–Trinajstić information content (AvgIpc) is 3.41. The number of fused-ring (bicyclic) bond motifs is 1. The number of amides is 1. The van der Waals surface area contributed by atoms with Crippen molar-refractivity contribution < 1.29 is 19.0 Å². The number of benzene rings is 4. The number of carbonyl (C=O) groups excluding carboxylic acids is 1. The Morgan fingerprint density at radius 3 is 2.47 bits per heavy atom. The van der Waals surface area contributed by atoms with Crippen LogP contribution in [0.5, 0.6) is 17.2 Å². The molecule has 1 amide bonds. The van der Waals surface area contributed by atoms with Crippen LogP contribution in [-0.4, -0.2) is 24.2 Å². The second kappa shape index (κ2) is 14.9. The molecule has 0 radical (unpaired) electrons. The number of ether oxygens (including phenoxy) is 3. The Morgan fingerprint density at radius 2 is 1.80 bits per heavy atom. The van der Waals surface area contributed by atoms with Gasteiger partial charge in [-0.25, -0.2) is 4.99 Å². The zero-order valence-corrected chi connectivity index (χ0v) is 29.9. The molecular weight excluding hydrogens is 751 g/mol. The number of nitrogens with one attached hydrogen (secondary N) is 1. The number of anilines is 1. The summed E-state index contributed by atoms with van der Waals surface area (Å²) in [5.41, 5.74) is 4.27. The third-order valence-corrected chi connectivity index (χ3v) is 9.60. The van der Waals surface area contributed by atoms with Crippen molar-refractivity contribution in [1.29, 1.82) is 5.26 Å². The van der Waals surface area contributed by atoms with Gasteiger partial charge in [-0.15, -0.1) is 0 Å². The number of nitrogens with zero attached hydrogens (tertiary/aromatic N) is 3. The third kappa shape index (κ3) is 7.30. The number of aromatic nitrogens is 1. The molecule has 0 saturated carbocycles. The minimum Gasteiger partial charge on any atom is -0.494 e. The van der Waals surface area contributed by atoms with Gasteiger partial charge in [0.2, 0.25) is 0 Å². The van der Waals surface area contributed by atoms with Crippen molar-refractivity contribution in [3.63, 3.8) is 0 Å². The molecule has 11 heteroatoms. The van der Waals surface area contributed by atoms with E-state index in [2.05, 4.69) is 34.0 Å². The minimum atomic E-state index is -0.717. The maximum Gasteiger partial charge on any atom is 0.271 e. The molecule has 1 N–H and O–H groups in total. The number of halogens is 1. The van der Waals surface area contributed by atoms with Crippen LogP contribution in [0.15, 0.2) is 112 Å². The van der Waals surface area contributed by atoms with E-state index in [0.29, 0.717) is 62.3 Å². The molecular formula is C38H31IN4O5S. The number of hydrogen-bond acceptors (Lipinski definition) is 8. The van der Waals surface area contributed by atoms with E-state index in [0.717, 1.165) is 20.3 Å². The summed E-state index contributed by atoms with van der Waals surface area (Å²) in [6, 6.07) is 29.0. The number of para-hydroxylation sites is 1. The SMILES string of the molecule is CCOc1ccc([C@@H]2C(C(=O)Nc3ccccc3)=C(C)N=c3s/c(=C\c4cc(I)c(OCc5ccc(C#N)cc5)c(OC)c4)c(=O)n32)cc1. The molecule has 0 bridgehead atoms. The van der Waals surface area contributed by atoms with Crippen LogP contribution < -0.4 is 34.4 Å². The first-order valence-electron chi connectivity index (χ1n) is 15.4. The summed E-state index contributed by atoms with van der Waals surface area (Å²) in [6.07, 6.45) is 1.80. The molecule has 0 fully saturated rings. The van der Waals surface area contributed by atoms with Gasteiger partial charge in [-0.3, -0.25) is 14.2 Å². The summed E-state index contributed by atoms with van der Waals surface area (Å²) >= 11 is 3.45. The van der Waals surface area contributed by atoms with Gasteiger partial charge < -0.3 is 19.5 Å². The molecule has 246 valence electrons. The number of methoxy groups -OCH3 is 1. The highest BCUT2D eigenvalue weighted by molar-refractivity contribution is 14.1. The van der Waals surface area contributed by atoms with Gasteiger partial charge in [0.15, 0.2) is 16.3 Å². The molecule has 1 aliphatic rings. The summed E-state index contributed by atoms with van der Waals surface area (Å²) in [5, 5.41) is 12.1. The van der Waals surface area contributed by atoms with Gasteiger partial charge in [0.05, 0.1) is 50.8 Å². The number of hydrogen-bond donors (Lipinski definition) is 1. The average molecular weight is 783 g/mol. The highest BCUT2D eigenvalue weighted by Gasteiger charge is 2.32. The van der Waals surface area contributed by atoms with E-state index in [1.54, 1.807) is 36.8 Å². The van der Waals surface area contributed by atoms with Gasteiger partial charge in [0, 0.05) is 5.69 Å². The molecule has 0 aliphatic carbocycles. The predicted octanol–water partition coefficient (Wildman–Crippen LogP) is 6.34. The molecule has 9 nitrogen and oxygen atoms in total. The lowest BCUT2D eigenvalue weighted by Gasteiger charge is -2.25. The zero-order chi connectivity index (χ0) is 34.5. The topological polar surface area (TPSA) is 115 Å². The van der Waals surface area contributed by atoms with E-state index in [-0.39, 0.29) is 11.5 Å². The van der Waals surface area contributed by atoms with E-state index in [1.807, 2.05) is 85.8 Å². The fourth-order valence-corrected chi connectivity index (χ4v) is 7.33. The van der Waals surface area contributed by atoms with Crippen LogP contribution in [0.3, 0.4) is 0 Å². The zero-order valence-electron chi connectivity index (χ0n) is 26.9. The first-order chi connectivity index (χ1) is 23.8. The molecule has 49 heavy (non-hydrogen) atoms. The second-order valence-corrected chi connectivity index (χ2v) is 13.2. The summed E-state index contributed by atoms with van der Waals surface area (Å²) in [6.45, 7) is 4.52. The summed E-state index contributed by atoms with van der Waals surface area (Å²) < 4.78 is 20.3. The minimum absolute atomic E-state index is 0.268. The van der Waals surface area contributed by atoms with Crippen molar-refractivity contribution in [3.05, 3.63) is 148 Å². The molecule has 4 aromatic carbocycles. The molecule has 2 heterocycles. The summed E-state index contributed by atoms with van der Waals surface area (Å²) in [4.78, 5) is 33.3. The number of nitriles is 1. The normalized spacial score (nSPS) is 14.0. The Hall–Kier alpha value is -5.19. The second-order valence-electron chi connectivity index (χ2n) is 11.0. The maximum atomic E-state index is 14.2. The van der Waals surface area contributed by atoms with Crippen LogP contribution in [0.4, 0.5) is 5.69 Å². The molecule has 0 spiro atoms. The Morgan fingerprint density at radius 1 is 1.06 bits per heavy atom. The van der Waals surface area contributed by atoms with Crippen molar-refractivity contribution in [2.24, 2.45) is 4.99 Å². The highest BCUT2D eigenvalue weighted by Crippen LogP contribution is 2.35. The highest BCUT2D eigenvalue weighted by atomic mass is 127. The lowest BCUT2D eigenvalue weighted by atomic mass is 9.95. The largest absolute Gasteiger partial charge is 0.494 e. The predicted molar refractivity (Wildman–Crippen MR) is 198 cm³/mol. The fourth-order valence-electron chi connectivity index (χ4n) is 5.51. The smallest absolute Gasteiger partial charge is 0.271 e. The van der Waals surface area contributed by atoms with Gasteiger partial charge in [0.25, 0.3) is 11.5 Å². The van der Waals surface area contributed by atoms with Crippen molar-refractivity contribution in [2.75, 3.05) is 19.0 Å². The molecule has 0 unspecified atom stereocenters. The van der Waals surface area contributed by atoms with Gasteiger partial charge in [-0.2, -0.15) is 5.26 Å². The van der Waals surface area contributed by atoms with E-state index in [9.17, 15) is 9.59 Å². The van der Waals surface area contributed by atoms with E-state index in [1.165, 1.54) is 11.3 Å². The summed E-state index contributed by atoms with van der Waals surface area (Å²) in [7, 11) is 1.57. The van der Waals surface area contributed by atoms with Crippen LogP contribution in [-0.2, 0) is 11.4 Å². The maximum absolute atomic E-state index is 14.2. The van der Waals surface area contributed by atoms with Crippen molar-refractivity contribution in [3.8, 4) is 23.3 Å². The molecule has 1 aromatic heterocycles. The lowest BCUT2D eigenvalue weighted by molar-refractivity contribution is -0.113. The van der Waals surface area contributed by atoms with Crippen LogP contribution in [0.2, 0.25) is 0 Å². The van der Waals surface area contributed by atoms with Crippen molar-refractivity contribution >= 4 is 51.6 Å². The Labute approximate surface area is 300 Å². The van der Waals surface area contributed by atoms with Gasteiger partial charge >= 0.3 is 0 Å². The summed E-state index contributed by atoms with van der Waals surface area (Å²) in [5.74, 6) is 1.45. The molecule has 6 rings (SSSR count). The first kappa shape index (κ1) is 33.7. The Balaban J connectivity index is 1.39. The number of rotatable bonds is 10. The lowest BCUT2D eigenvalue weighted by Crippen LogP contribution is -2.40.